The summed E-state index contributed by atoms with van der Waals surface area (Å²) in [5.74, 6) is 1.87. The number of nitrogens with zero attached hydrogens (tertiary/aromatic N) is 4. The van der Waals surface area contributed by atoms with Gasteiger partial charge < -0.3 is 10.2 Å². The van der Waals surface area contributed by atoms with Crippen LogP contribution in [0.5, 0.6) is 0 Å². The Balaban J connectivity index is 1.78. The fraction of sp³-hybridized carbons (Fsp3) is 0.538. The molecule has 0 bridgehead atoms. The lowest BCUT2D eigenvalue weighted by molar-refractivity contribution is 0.392. The van der Waals surface area contributed by atoms with Crippen LogP contribution < -0.4 is 10.2 Å². The maximum atomic E-state index is 4.52. The van der Waals surface area contributed by atoms with Crippen LogP contribution in [-0.4, -0.2) is 41.3 Å². The number of piperidine rings is 1. The molecule has 5 nitrogen and oxygen atoms in total. The largest absolute Gasteiger partial charge is 0.355 e. The highest BCUT2D eigenvalue weighted by Crippen LogP contribution is 2.24. The predicted octanol–water partition coefficient (Wildman–Crippen LogP) is 1.17. The number of fused-ring (bicyclic) bond motifs is 1. The van der Waals surface area contributed by atoms with Gasteiger partial charge in [0, 0.05) is 25.5 Å². The molecule has 0 saturated carbocycles. The molecule has 0 radical (unpaired) electrons. The van der Waals surface area contributed by atoms with Crippen molar-refractivity contribution in [2.24, 2.45) is 5.92 Å². The average molecular weight is 245 g/mol. The monoisotopic (exact) mass is 245 g/mol. The molecule has 3 heterocycles. The molecule has 0 amide bonds. The highest BCUT2D eigenvalue weighted by atomic mass is 15.3. The summed E-state index contributed by atoms with van der Waals surface area (Å²) in [7, 11) is 2.03. The standard InChI is InChI=1S/C13H19N5/c1-14-10-11-3-7-17(8-4-11)13-12-2-5-16-18(12)9-6-15-13/h2,5-6,9,11,14H,3-4,7-8,10H2,1H3. The maximum Gasteiger partial charge on any atom is 0.154 e. The molecule has 0 aliphatic carbocycles. The lowest BCUT2D eigenvalue weighted by atomic mass is 9.97. The number of anilines is 1. The predicted molar refractivity (Wildman–Crippen MR) is 71.9 cm³/mol. The highest BCUT2D eigenvalue weighted by molar-refractivity contribution is 5.68. The lowest BCUT2D eigenvalue weighted by Gasteiger charge is -2.32. The Morgan fingerprint density at radius 3 is 2.94 bits per heavy atom. The van der Waals surface area contributed by atoms with Crippen LogP contribution in [0.2, 0.25) is 0 Å². The molecule has 0 aromatic carbocycles. The SMILES string of the molecule is CNCC1CCN(c2nccn3nccc23)CC1. The van der Waals surface area contributed by atoms with Crippen LogP contribution in [0.15, 0.2) is 24.7 Å². The van der Waals surface area contributed by atoms with Gasteiger partial charge in [-0.2, -0.15) is 5.10 Å². The van der Waals surface area contributed by atoms with Crippen LogP contribution in [0.25, 0.3) is 5.52 Å². The third-order valence-corrected chi connectivity index (χ3v) is 3.71. The fourth-order valence-electron chi connectivity index (χ4n) is 2.72. The van der Waals surface area contributed by atoms with Gasteiger partial charge in [-0.1, -0.05) is 0 Å². The molecule has 5 heteroatoms. The van der Waals surface area contributed by atoms with Gasteiger partial charge in [0.2, 0.25) is 0 Å². The molecule has 96 valence electrons. The molecule has 1 N–H and O–H groups in total. The van der Waals surface area contributed by atoms with E-state index in [-0.39, 0.29) is 0 Å². The normalized spacial score (nSPS) is 17.5. The summed E-state index contributed by atoms with van der Waals surface area (Å²) in [5.41, 5.74) is 1.10. The first kappa shape index (κ1) is 11.5. The molecule has 1 aliphatic heterocycles. The summed E-state index contributed by atoms with van der Waals surface area (Å²) in [6, 6.07) is 2.03. The Morgan fingerprint density at radius 1 is 1.33 bits per heavy atom. The molecule has 0 spiro atoms. The summed E-state index contributed by atoms with van der Waals surface area (Å²) in [4.78, 5) is 6.90. The van der Waals surface area contributed by atoms with E-state index in [0.717, 1.165) is 36.9 Å². The van der Waals surface area contributed by atoms with E-state index in [1.54, 1.807) is 0 Å². The molecule has 18 heavy (non-hydrogen) atoms. The Labute approximate surface area is 107 Å². The van der Waals surface area contributed by atoms with E-state index in [0.29, 0.717) is 0 Å². The van der Waals surface area contributed by atoms with Crippen molar-refractivity contribution in [3.8, 4) is 0 Å². The van der Waals surface area contributed by atoms with E-state index in [9.17, 15) is 0 Å². The van der Waals surface area contributed by atoms with Crippen LogP contribution in [0.1, 0.15) is 12.8 Å². The zero-order chi connectivity index (χ0) is 12.4. The van der Waals surface area contributed by atoms with Crippen molar-refractivity contribution in [1.82, 2.24) is 19.9 Å². The molecular formula is C13H19N5. The van der Waals surface area contributed by atoms with Crippen molar-refractivity contribution in [3.63, 3.8) is 0 Å². The summed E-state index contributed by atoms with van der Waals surface area (Å²) in [6.45, 7) is 3.30. The minimum atomic E-state index is 0.802. The topological polar surface area (TPSA) is 45.5 Å². The third-order valence-electron chi connectivity index (χ3n) is 3.71. The van der Waals surface area contributed by atoms with Crippen LogP contribution >= 0.6 is 0 Å². The van der Waals surface area contributed by atoms with Gasteiger partial charge in [-0.3, -0.25) is 0 Å². The smallest absolute Gasteiger partial charge is 0.154 e. The number of nitrogens with one attached hydrogen (secondary N) is 1. The summed E-state index contributed by atoms with van der Waals surface area (Å²) < 4.78 is 1.89. The first-order chi connectivity index (χ1) is 8.88. The van der Waals surface area contributed by atoms with Gasteiger partial charge >= 0.3 is 0 Å². The van der Waals surface area contributed by atoms with Crippen molar-refractivity contribution >= 4 is 11.3 Å². The highest BCUT2D eigenvalue weighted by Gasteiger charge is 2.21. The van der Waals surface area contributed by atoms with Gasteiger partial charge in [0.15, 0.2) is 5.82 Å². The van der Waals surface area contributed by atoms with Crippen molar-refractivity contribution in [2.75, 3.05) is 31.6 Å². The Morgan fingerprint density at radius 2 is 2.17 bits per heavy atom. The molecule has 3 rings (SSSR count). The zero-order valence-electron chi connectivity index (χ0n) is 10.7. The molecule has 2 aromatic rings. The Kier molecular flexibility index (Phi) is 3.15. The molecule has 0 unspecified atom stereocenters. The first-order valence-electron chi connectivity index (χ1n) is 6.56. The van der Waals surface area contributed by atoms with E-state index in [1.165, 1.54) is 12.8 Å². The first-order valence-corrected chi connectivity index (χ1v) is 6.56. The number of aromatic nitrogens is 3. The van der Waals surface area contributed by atoms with Crippen LogP contribution in [0.3, 0.4) is 0 Å². The van der Waals surface area contributed by atoms with E-state index in [2.05, 4.69) is 20.3 Å². The Bertz CT molecular complexity index is 513. The van der Waals surface area contributed by atoms with Crippen molar-refractivity contribution < 1.29 is 0 Å². The minimum Gasteiger partial charge on any atom is -0.355 e. The van der Waals surface area contributed by atoms with Gasteiger partial charge in [0.1, 0.15) is 5.52 Å². The van der Waals surface area contributed by atoms with Gasteiger partial charge in [-0.15, -0.1) is 0 Å². The van der Waals surface area contributed by atoms with Gasteiger partial charge in [-0.25, -0.2) is 9.50 Å². The van der Waals surface area contributed by atoms with E-state index >= 15 is 0 Å². The van der Waals surface area contributed by atoms with Crippen molar-refractivity contribution in [2.45, 2.75) is 12.8 Å². The number of hydrogen-bond acceptors (Lipinski definition) is 4. The number of rotatable bonds is 3. The maximum absolute atomic E-state index is 4.52. The number of hydrogen-bond donors (Lipinski definition) is 1. The van der Waals surface area contributed by atoms with Crippen LogP contribution in [-0.2, 0) is 0 Å². The van der Waals surface area contributed by atoms with E-state index in [4.69, 9.17) is 0 Å². The summed E-state index contributed by atoms with van der Waals surface area (Å²) >= 11 is 0. The quantitative estimate of drug-likeness (QED) is 0.881. The van der Waals surface area contributed by atoms with E-state index < -0.39 is 0 Å². The second kappa shape index (κ2) is 4.94. The van der Waals surface area contributed by atoms with Crippen molar-refractivity contribution in [3.05, 3.63) is 24.7 Å². The van der Waals surface area contributed by atoms with Gasteiger partial charge in [0.05, 0.1) is 6.20 Å². The molecular weight excluding hydrogens is 226 g/mol. The second-order valence-electron chi connectivity index (χ2n) is 4.90. The Hall–Kier alpha value is -1.62. The van der Waals surface area contributed by atoms with Crippen LogP contribution in [0.4, 0.5) is 5.82 Å². The molecule has 0 atom stereocenters. The molecule has 1 aliphatic rings. The van der Waals surface area contributed by atoms with Crippen LogP contribution in [0, 0.1) is 5.92 Å². The molecule has 1 saturated heterocycles. The third kappa shape index (κ3) is 2.06. The molecule has 2 aromatic heterocycles. The van der Waals surface area contributed by atoms with Gasteiger partial charge in [0.25, 0.3) is 0 Å². The summed E-state index contributed by atoms with van der Waals surface area (Å²) in [5, 5.41) is 7.53. The fourth-order valence-corrected chi connectivity index (χ4v) is 2.72. The zero-order valence-corrected chi connectivity index (χ0v) is 10.7. The second-order valence-corrected chi connectivity index (χ2v) is 4.90. The summed E-state index contributed by atoms with van der Waals surface area (Å²) in [6.07, 6.45) is 8.02. The minimum absolute atomic E-state index is 0.802. The molecule has 1 fully saturated rings. The lowest BCUT2D eigenvalue weighted by Crippen LogP contribution is -2.37. The average Bonchev–Trinajstić information content (AvgIpc) is 2.88. The van der Waals surface area contributed by atoms with Crippen molar-refractivity contribution in [1.29, 1.82) is 0 Å². The van der Waals surface area contributed by atoms with Gasteiger partial charge in [-0.05, 0) is 38.4 Å². The van der Waals surface area contributed by atoms with E-state index in [1.807, 2.05) is 36.2 Å².